The van der Waals surface area contributed by atoms with Gasteiger partial charge in [0.25, 0.3) is 11.8 Å². The van der Waals surface area contributed by atoms with E-state index < -0.39 is 5.82 Å². The maximum Gasteiger partial charge on any atom is 0.257 e. The lowest BCUT2D eigenvalue weighted by atomic mass is 10.1. The molecule has 2 heterocycles. The summed E-state index contributed by atoms with van der Waals surface area (Å²) in [7, 11) is 1.54. The van der Waals surface area contributed by atoms with Crippen LogP contribution in [0.5, 0.6) is 5.75 Å². The van der Waals surface area contributed by atoms with Crippen LogP contribution in [0.4, 0.5) is 4.39 Å². The van der Waals surface area contributed by atoms with Crippen LogP contribution in [-0.4, -0.2) is 64.7 Å². The number of benzene rings is 2. The lowest BCUT2D eigenvalue weighted by Gasteiger charge is -2.23. The normalized spacial score (nSPS) is 14.2. The van der Waals surface area contributed by atoms with Crippen LogP contribution in [0, 0.1) is 12.7 Å². The minimum Gasteiger partial charge on any atom is -0.496 e. The quantitative estimate of drug-likeness (QED) is 0.629. The highest BCUT2D eigenvalue weighted by Gasteiger charge is 2.27. The maximum atomic E-state index is 14.2. The van der Waals surface area contributed by atoms with Crippen molar-refractivity contribution in [3.8, 4) is 11.4 Å². The van der Waals surface area contributed by atoms with Crippen LogP contribution in [0.15, 0.2) is 54.7 Å². The Morgan fingerprint density at radius 2 is 1.53 bits per heavy atom. The van der Waals surface area contributed by atoms with Crippen LogP contribution in [-0.2, 0) is 0 Å². The van der Waals surface area contributed by atoms with Gasteiger partial charge >= 0.3 is 0 Å². The summed E-state index contributed by atoms with van der Waals surface area (Å²) in [5.74, 6) is -0.152. The summed E-state index contributed by atoms with van der Waals surface area (Å²) in [6, 6.07) is 13.5. The van der Waals surface area contributed by atoms with Gasteiger partial charge in [-0.25, -0.2) is 9.07 Å². The number of hydrogen-bond donors (Lipinski definition) is 0. The van der Waals surface area contributed by atoms with E-state index in [1.165, 1.54) is 16.9 Å². The molecule has 32 heavy (non-hydrogen) atoms. The molecule has 0 N–H and O–H groups in total. The van der Waals surface area contributed by atoms with E-state index in [9.17, 15) is 14.0 Å². The smallest absolute Gasteiger partial charge is 0.257 e. The van der Waals surface area contributed by atoms with Crippen LogP contribution in [0.25, 0.3) is 5.69 Å². The molecule has 0 spiro atoms. The number of methoxy groups -OCH3 is 1. The number of carbonyl (C=O) groups excluding carboxylic acids is 2. The predicted octanol–water partition coefficient (Wildman–Crippen LogP) is 3.32. The van der Waals surface area contributed by atoms with E-state index >= 15 is 0 Å². The molecule has 1 fully saturated rings. The van der Waals surface area contributed by atoms with Gasteiger partial charge in [-0.2, -0.15) is 5.10 Å². The first-order chi connectivity index (χ1) is 15.5. The van der Waals surface area contributed by atoms with E-state index in [-0.39, 0.29) is 11.8 Å². The van der Waals surface area contributed by atoms with Crippen molar-refractivity contribution >= 4 is 11.8 Å². The van der Waals surface area contributed by atoms with Crippen molar-refractivity contribution in [2.45, 2.75) is 13.3 Å². The monoisotopic (exact) mass is 436 g/mol. The Balaban J connectivity index is 1.49. The van der Waals surface area contributed by atoms with Gasteiger partial charge in [-0.3, -0.25) is 9.59 Å². The minimum absolute atomic E-state index is 0.111. The van der Waals surface area contributed by atoms with E-state index in [2.05, 4.69) is 5.10 Å². The van der Waals surface area contributed by atoms with Gasteiger partial charge in [0.1, 0.15) is 17.3 Å². The van der Waals surface area contributed by atoms with E-state index in [4.69, 9.17) is 4.74 Å². The van der Waals surface area contributed by atoms with Gasteiger partial charge in [0.2, 0.25) is 0 Å². The first kappa shape index (κ1) is 21.5. The Morgan fingerprint density at radius 1 is 0.906 bits per heavy atom. The third-order valence-corrected chi connectivity index (χ3v) is 5.73. The number of hydrogen-bond acceptors (Lipinski definition) is 4. The molecule has 1 aliphatic rings. The molecule has 1 aliphatic heterocycles. The number of para-hydroxylation sites is 2. The molecule has 0 radical (unpaired) electrons. The molecule has 1 aromatic heterocycles. The number of carbonyl (C=O) groups is 2. The summed E-state index contributed by atoms with van der Waals surface area (Å²) in [5, 5.41) is 4.24. The van der Waals surface area contributed by atoms with E-state index in [0.29, 0.717) is 60.9 Å². The molecule has 7 nitrogen and oxygen atoms in total. The van der Waals surface area contributed by atoms with Gasteiger partial charge in [-0.05, 0) is 37.6 Å². The molecule has 4 rings (SSSR count). The maximum absolute atomic E-state index is 14.2. The molecule has 0 unspecified atom stereocenters. The average molecular weight is 436 g/mol. The van der Waals surface area contributed by atoms with Crippen molar-refractivity contribution in [2.24, 2.45) is 0 Å². The van der Waals surface area contributed by atoms with Gasteiger partial charge in [0.05, 0.1) is 30.1 Å². The number of amides is 2. The second-order valence-corrected chi connectivity index (χ2v) is 7.65. The van der Waals surface area contributed by atoms with Crippen molar-refractivity contribution in [1.29, 1.82) is 0 Å². The van der Waals surface area contributed by atoms with Gasteiger partial charge < -0.3 is 14.5 Å². The fourth-order valence-corrected chi connectivity index (χ4v) is 3.97. The Hall–Kier alpha value is -3.68. The molecule has 0 saturated carbocycles. The summed E-state index contributed by atoms with van der Waals surface area (Å²) < 4.78 is 20.9. The summed E-state index contributed by atoms with van der Waals surface area (Å²) in [6.07, 6.45) is 2.14. The molecule has 8 heteroatoms. The number of ether oxygens (including phenoxy) is 1. The van der Waals surface area contributed by atoms with Crippen molar-refractivity contribution < 1.29 is 18.7 Å². The summed E-state index contributed by atoms with van der Waals surface area (Å²) in [4.78, 5) is 29.7. The van der Waals surface area contributed by atoms with Crippen molar-refractivity contribution in [2.75, 3.05) is 33.3 Å². The van der Waals surface area contributed by atoms with Crippen LogP contribution in [0.2, 0.25) is 0 Å². The van der Waals surface area contributed by atoms with E-state index in [1.807, 2.05) is 6.07 Å². The SMILES string of the molecule is COc1ccccc1C(=O)N1CCCN(C(=O)c2cnn(-c3ccccc3F)c2C)CC1. The minimum atomic E-state index is -0.405. The molecule has 166 valence electrons. The number of halogens is 1. The molecule has 0 atom stereocenters. The highest BCUT2D eigenvalue weighted by atomic mass is 19.1. The van der Waals surface area contributed by atoms with Gasteiger partial charge in [0, 0.05) is 26.2 Å². The molecular formula is C24H25FN4O3. The highest BCUT2D eigenvalue weighted by Crippen LogP contribution is 2.22. The van der Waals surface area contributed by atoms with Crippen LogP contribution < -0.4 is 4.74 Å². The zero-order valence-corrected chi connectivity index (χ0v) is 18.1. The largest absolute Gasteiger partial charge is 0.496 e. The lowest BCUT2D eigenvalue weighted by Crippen LogP contribution is -2.37. The first-order valence-electron chi connectivity index (χ1n) is 10.5. The Kier molecular flexibility index (Phi) is 6.20. The van der Waals surface area contributed by atoms with E-state index in [1.54, 1.807) is 60.2 Å². The number of nitrogens with zero attached hydrogens (tertiary/aromatic N) is 4. The molecule has 3 aromatic rings. The van der Waals surface area contributed by atoms with Crippen molar-refractivity contribution in [3.63, 3.8) is 0 Å². The predicted molar refractivity (Wildman–Crippen MR) is 118 cm³/mol. The molecular weight excluding hydrogens is 411 g/mol. The second-order valence-electron chi connectivity index (χ2n) is 7.65. The molecule has 2 aromatic carbocycles. The average Bonchev–Trinajstić information content (AvgIpc) is 3.03. The topological polar surface area (TPSA) is 67.7 Å². The van der Waals surface area contributed by atoms with Gasteiger partial charge in [0.15, 0.2) is 0 Å². The Bertz CT molecular complexity index is 1140. The van der Waals surface area contributed by atoms with Crippen LogP contribution in [0.1, 0.15) is 32.8 Å². The Labute approximate surface area is 186 Å². The van der Waals surface area contributed by atoms with Gasteiger partial charge in [-0.1, -0.05) is 24.3 Å². The zero-order valence-electron chi connectivity index (χ0n) is 18.1. The van der Waals surface area contributed by atoms with Gasteiger partial charge in [-0.15, -0.1) is 0 Å². The number of rotatable bonds is 4. The second kappa shape index (κ2) is 9.21. The first-order valence-corrected chi connectivity index (χ1v) is 10.5. The lowest BCUT2D eigenvalue weighted by molar-refractivity contribution is 0.0716. The van der Waals surface area contributed by atoms with Crippen LogP contribution in [0.3, 0.4) is 0 Å². The number of aromatic nitrogens is 2. The molecule has 0 aliphatic carbocycles. The summed E-state index contributed by atoms with van der Waals surface area (Å²) >= 11 is 0. The summed E-state index contributed by atoms with van der Waals surface area (Å²) in [5.41, 5.74) is 1.81. The van der Waals surface area contributed by atoms with Crippen molar-refractivity contribution in [1.82, 2.24) is 19.6 Å². The standard InChI is InChI=1S/C24H25FN4O3/c1-17-19(16-26-29(17)21-10-5-4-9-20(21)25)24(31)28-13-7-12-27(14-15-28)23(30)18-8-3-6-11-22(18)32-2/h3-6,8-11,16H,7,12-15H2,1-2H3. The zero-order chi connectivity index (χ0) is 22.7. The van der Waals surface area contributed by atoms with Crippen LogP contribution >= 0.6 is 0 Å². The fourth-order valence-electron chi connectivity index (χ4n) is 3.97. The molecule has 1 saturated heterocycles. The van der Waals surface area contributed by atoms with Crippen molar-refractivity contribution in [3.05, 3.63) is 77.4 Å². The Morgan fingerprint density at radius 3 is 2.22 bits per heavy atom. The molecule has 2 amide bonds. The third-order valence-electron chi connectivity index (χ3n) is 5.73. The highest BCUT2D eigenvalue weighted by molar-refractivity contribution is 5.97. The fraction of sp³-hybridized carbons (Fsp3) is 0.292. The third kappa shape index (κ3) is 4.08. The van der Waals surface area contributed by atoms with E-state index in [0.717, 1.165) is 0 Å². The molecule has 0 bridgehead atoms. The summed E-state index contributed by atoms with van der Waals surface area (Å²) in [6.45, 7) is 3.65.